The van der Waals surface area contributed by atoms with Gasteiger partial charge in [-0.25, -0.2) is 0 Å². The van der Waals surface area contributed by atoms with Crippen molar-refractivity contribution in [3.63, 3.8) is 0 Å². The first-order chi connectivity index (χ1) is 5.12. The van der Waals surface area contributed by atoms with Crippen LogP contribution in [0, 0.1) is 0 Å². The molecule has 0 fully saturated rings. The van der Waals surface area contributed by atoms with Gasteiger partial charge >= 0.3 is 0 Å². The molecular formula is C8H19O2P. The third-order valence-corrected chi connectivity index (χ3v) is 3.85. The maximum absolute atomic E-state index is 11.2. The van der Waals surface area contributed by atoms with Crippen molar-refractivity contribution in [1.29, 1.82) is 0 Å². The fraction of sp³-hybridized carbons (Fsp3) is 1.00. The van der Waals surface area contributed by atoms with Crippen molar-refractivity contribution in [2.75, 3.05) is 12.3 Å². The summed E-state index contributed by atoms with van der Waals surface area (Å²) < 4.78 is 11.2. The largest absolute Gasteiger partial charge is 0.344 e. The molecular weight excluding hydrogens is 159 g/mol. The fourth-order valence-corrected chi connectivity index (χ4v) is 2.71. The van der Waals surface area contributed by atoms with Crippen molar-refractivity contribution in [2.24, 2.45) is 0 Å². The fourth-order valence-electron chi connectivity index (χ4n) is 1.07. The zero-order chi connectivity index (χ0) is 8.74. The van der Waals surface area contributed by atoms with Gasteiger partial charge in [-0.1, -0.05) is 26.7 Å². The summed E-state index contributed by atoms with van der Waals surface area (Å²) >= 11 is 0. The Morgan fingerprint density at radius 2 is 1.73 bits per heavy atom. The molecule has 0 aliphatic heterocycles. The summed E-state index contributed by atoms with van der Waals surface area (Å²) in [6.07, 6.45) is 4.94. The molecule has 0 aliphatic rings. The topological polar surface area (TPSA) is 37.3 Å². The molecule has 2 nitrogen and oxygen atoms in total. The summed E-state index contributed by atoms with van der Waals surface area (Å²) in [4.78, 5) is 9.30. The summed E-state index contributed by atoms with van der Waals surface area (Å²) in [5.74, 6) is 0. The highest BCUT2D eigenvalue weighted by Gasteiger charge is 2.14. The molecule has 0 saturated carbocycles. The van der Waals surface area contributed by atoms with Gasteiger partial charge < -0.3 is 4.89 Å². The van der Waals surface area contributed by atoms with Crippen molar-refractivity contribution < 1.29 is 9.46 Å². The lowest BCUT2D eigenvalue weighted by molar-refractivity contribution is 0.474. The molecule has 1 atom stereocenters. The van der Waals surface area contributed by atoms with Crippen LogP contribution in [-0.4, -0.2) is 17.2 Å². The molecule has 0 rings (SSSR count). The smallest absolute Gasteiger partial charge is 0.200 e. The molecule has 0 aromatic carbocycles. The molecule has 11 heavy (non-hydrogen) atoms. The lowest BCUT2D eigenvalue weighted by Crippen LogP contribution is -1.93. The standard InChI is InChI=1S/C8H19O2P/c1-3-5-6-8-11(9,10)7-4-2/h3-8H2,1-2H3,(H,9,10). The van der Waals surface area contributed by atoms with Gasteiger partial charge in [0.05, 0.1) is 0 Å². The van der Waals surface area contributed by atoms with E-state index in [1.165, 1.54) is 0 Å². The highest BCUT2D eigenvalue weighted by atomic mass is 31.2. The molecule has 3 heteroatoms. The van der Waals surface area contributed by atoms with Gasteiger partial charge in [0.15, 0.2) is 0 Å². The van der Waals surface area contributed by atoms with Gasteiger partial charge in [-0.3, -0.25) is 4.57 Å². The molecule has 0 saturated heterocycles. The van der Waals surface area contributed by atoms with Crippen molar-refractivity contribution in [3.05, 3.63) is 0 Å². The predicted octanol–water partition coefficient (Wildman–Crippen LogP) is 2.86. The zero-order valence-corrected chi connectivity index (χ0v) is 8.44. The van der Waals surface area contributed by atoms with Crippen LogP contribution in [0.15, 0.2) is 0 Å². The van der Waals surface area contributed by atoms with E-state index in [9.17, 15) is 9.46 Å². The Hall–Kier alpha value is 0.190. The first-order valence-corrected chi connectivity index (χ1v) is 6.46. The molecule has 0 aliphatic carbocycles. The summed E-state index contributed by atoms with van der Waals surface area (Å²) in [7, 11) is -2.72. The third-order valence-electron chi connectivity index (χ3n) is 1.68. The maximum atomic E-state index is 11.2. The second-order valence-electron chi connectivity index (χ2n) is 3.00. The first kappa shape index (κ1) is 11.2. The molecule has 0 radical (unpaired) electrons. The van der Waals surface area contributed by atoms with Gasteiger partial charge in [-0.05, 0) is 12.8 Å². The summed E-state index contributed by atoms with van der Waals surface area (Å²) in [6.45, 7) is 4.05. The van der Waals surface area contributed by atoms with Gasteiger partial charge in [0.1, 0.15) is 0 Å². The molecule has 0 heterocycles. The van der Waals surface area contributed by atoms with E-state index in [0.717, 1.165) is 25.7 Å². The Bertz CT molecular complexity index is 134. The van der Waals surface area contributed by atoms with Crippen LogP contribution in [-0.2, 0) is 4.57 Å². The van der Waals surface area contributed by atoms with Crippen LogP contribution in [0.5, 0.6) is 0 Å². The Morgan fingerprint density at radius 3 is 2.18 bits per heavy atom. The second kappa shape index (κ2) is 5.79. The van der Waals surface area contributed by atoms with Crippen LogP contribution < -0.4 is 0 Å². The third kappa shape index (κ3) is 6.58. The minimum atomic E-state index is -2.72. The van der Waals surface area contributed by atoms with Crippen molar-refractivity contribution in [1.82, 2.24) is 0 Å². The van der Waals surface area contributed by atoms with E-state index in [-0.39, 0.29) is 0 Å². The van der Waals surface area contributed by atoms with Crippen LogP contribution in [0.2, 0.25) is 0 Å². The Morgan fingerprint density at radius 1 is 1.09 bits per heavy atom. The SMILES string of the molecule is CCCCCP(=O)(O)CCC. The summed E-state index contributed by atoms with van der Waals surface area (Å²) in [5.41, 5.74) is 0. The molecule has 0 aromatic rings. The van der Waals surface area contributed by atoms with Crippen molar-refractivity contribution >= 4 is 7.37 Å². The number of rotatable bonds is 6. The molecule has 68 valence electrons. The summed E-state index contributed by atoms with van der Waals surface area (Å²) in [6, 6.07) is 0. The van der Waals surface area contributed by atoms with Crippen molar-refractivity contribution in [3.8, 4) is 0 Å². The Labute approximate surface area is 69.5 Å². The van der Waals surface area contributed by atoms with E-state index in [1.807, 2.05) is 6.92 Å². The minimum Gasteiger partial charge on any atom is -0.344 e. The molecule has 0 aromatic heterocycles. The number of hydrogen-bond acceptors (Lipinski definition) is 1. The number of unbranched alkanes of at least 4 members (excludes halogenated alkanes) is 2. The molecule has 0 spiro atoms. The second-order valence-corrected chi connectivity index (χ2v) is 5.59. The maximum Gasteiger partial charge on any atom is 0.200 e. The van der Waals surface area contributed by atoms with Crippen molar-refractivity contribution in [2.45, 2.75) is 39.5 Å². The van der Waals surface area contributed by atoms with Gasteiger partial charge in [0.2, 0.25) is 7.37 Å². The van der Waals surface area contributed by atoms with Gasteiger partial charge in [0.25, 0.3) is 0 Å². The molecule has 1 unspecified atom stereocenters. The minimum absolute atomic E-state index is 0.497. The zero-order valence-electron chi connectivity index (χ0n) is 7.55. The van der Waals surface area contributed by atoms with E-state index < -0.39 is 7.37 Å². The van der Waals surface area contributed by atoms with Gasteiger partial charge in [0, 0.05) is 12.3 Å². The molecule has 0 amide bonds. The predicted molar refractivity (Wildman–Crippen MR) is 49.4 cm³/mol. The monoisotopic (exact) mass is 178 g/mol. The lowest BCUT2D eigenvalue weighted by Gasteiger charge is -2.08. The van der Waals surface area contributed by atoms with E-state index in [0.29, 0.717) is 12.3 Å². The Balaban J connectivity index is 3.47. The van der Waals surface area contributed by atoms with Crippen LogP contribution >= 0.6 is 7.37 Å². The van der Waals surface area contributed by atoms with Crippen LogP contribution in [0.4, 0.5) is 0 Å². The normalized spacial score (nSPS) is 16.3. The number of hydrogen-bond donors (Lipinski definition) is 1. The van der Waals surface area contributed by atoms with E-state index in [2.05, 4.69) is 6.92 Å². The highest BCUT2D eigenvalue weighted by Crippen LogP contribution is 2.41. The van der Waals surface area contributed by atoms with Gasteiger partial charge in [-0.15, -0.1) is 0 Å². The Kier molecular flexibility index (Phi) is 5.89. The average molecular weight is 178 g/mol. The molecule has 0 bridgehead atoms. The summed E-state index contributed by atoms with van der Waals surface area (Å²) in [5, 5.41) is 0. The highest BCUT2D eigenvalue weighted by molar-refractivity contribution is 7.57. The first-order valence-electron chi connectivity index (χ1n) is 4.43. The molecule has 1 N–H and O–H groups in total. The van der Waals surface area contributed by atoms with E-state index >= 15 is 0 Å². The van der Waals surface area contributed by atoms with Crippen LogP contribution in [0.25, 0.3) is 0 Å². The lowest BCUT2D eigenvalue weighted by atomic mass is 10.3. The van der Waals surface area contributed by atoms with Crippen LogP contribution in [0.3, 0.4) is 0 Å². The van der Waals surface area contributed by atoms with Crippen LogP contribution in [0.1, 0.15) is 39.5 Å². The van der Waals surface area contributed by atoms with E-state index in [4.69, 9.17) is 0 Å². The van der Waals surface area contributed by atoms with E-state index in [1.54, 1.807) is 0 Å². The average Bonchev–Trinajstić information content (AvgIpc) is 1.87. The van der Waals surface area contributed by atoms with Gasteiger partial charge in [-0.2, -0.15) is 0 Å². The quantitative estimate of drug-likeness (QED) is 0.501.